The van der Waals surface area contributed by atoms with Crippen LogP contribution in [0.2, 0.25) is 0 Å². The van der Waals surface area contributed by atoms with Crippen molar-refractivity contribution < 1.29 is 19.0 Å². The number of epoxide rings is 1. The molecule has 2 saturated carbocycles. The molecule has 0 amide bonds. The van der Waals surface area contributed by atoms with Crippen LogP contribution in [0.1, 0.15) is 50.5 Å². The van der Waals surface area contributed by atoms with Crippen LogP contribution < -0.4 is 4.74 Å². The van der Waals surface area contributed by atoms with E-state index < -0.39 is 5.60 Å². The van der Waals surface area contributed by atoms with Gasteiger partial charge in [0, 0.05) is 0 Å². The molecule has 4 rings (SSSR count). The molecule has 0 radical (unpaired) electrons. The summed E-state index contributed by atoms with van der Waals surface area (Å²) in [4.78, 5) is 12.9. The van der Waals surface area contributed by atoms with Crippen LogP contribution in [0.4, 0.5) is 0 Å². The average Bonchev–Trinajstić information content (AvgIpc) is 2.91. The molecule has 4 heteroatoms. The van der Waals surface area contributed by atoms with Crippen molar-refractivity contribution in [1.82, 2.24) is 0 Å². The molecule has 2 aliphatic carbocycles. The molecule has 118 valence electrons. The Hall–Kier alpha value is -1.55. The van der Waals surface area contributed by atoms with E-state index in [1.165, 1.54) is 0 Å². The fraction of sp³-hybridized carbons (Fsp3) is 0.611. The lowest BCUT2D eigenvalue weighted by atomic mass is 9.84. The van der Waals surface area contributed by atoms with Crippen molar-refractivity contribution in [3.8, 4) is 5.75 Å². The van der Waals surface area contributed by atoms with Crippen molar-refractivity contribution in [2.45, 2.75) is 62.3 Å². The fourth-order valence-electron chi connectivity index (χ4n) is 3.88. The molecule has 0 aromatic heterocycles. The third-order valence-electron chi connectivity index (χ3n) is 5.47. The minimum atomic E-state index is -0.884. The Morgan fingerprint density at radius 2 is 1.82 bits per heavy atom. The Morgan fingerprint density at radius 1 is 1.14 bits per heavy atom. The van der Waals surface area contributed by atoms with Crippen molar-refractivity contribution in [2.24, 2.45) is 0 Å². The molecule has 3 fully saturated rings. The van der Waals surface area contributed by atoms with E-state index in [2.05, 4.69) is 0 Å². The second-order valence-corrected chi connectivity index (χ2v) is 6.67. The van der Waals surface area contributed by atoms with Gasteiger partial charge in [0.25, 0.3) is 0 Å². The second kappa shape index (κ2) is 4.98. The third-order valence-corrected chi connectivity index (χ3v) is 5.47. The van der Waals surface area contributed by atoms with Gasteiger partial charge in [0.2, 0.25) is 5.60 Å². The fourth-order valence-corrected chi connectivity index (χ4v) is 3.88. The van der Waals surface area contributed by atoms with Crippen molar-refractivity contribution in [1.29, 1.82) is 0 Å². The minimum Gasteiger partial charge on any atom is -0.497 e. The maximum Gasteiger partial charge on any atom is 0.346 e. The summed E-state index contributed by atoms with van der Waals surface area (Å²) >= 11 is 0. The van der Waals surface area contributed by atoms with E-state index in [4.69, 9.17) is 14.2 Å². The maximum absolute atomic E-state index is 12.9. The first-order valence-electron chi connectivity index (χ1n) is 8.26. The Kier molecular flexibility index (Phi) is 3.19. The number of benzene rings is 1. The van der Waals surface area contributed by atoms with Gasteiger partial charge in [0.15, 0.2) is 0 Å². The summed E-state index contributed by atoms with van der Waals surface area (Å²) in [6, 6.07) is 7.65. The Morgan fingerprint density at radius 3 is 2.36 bits per heavy atom. The molecule has 0 N–H and O–H groups in total. The smallest absolute Gasteiger partial charge is 0.346 e. The number of methoxy groups -OCH3 is 1. The van der Waals surface area contributed by atoms with Gasteiger partial charge in [0.05, 0.1) is 7.11 Å². The van der Waals surface area contributed by atoms with Crippen LogP contribution in [0.15, 0.2) is 24.3 Å². The van der Waals surface area contributed by atoms with E-state index in [-0.39, 0.29) is 17.7 Å². The minimum absolute atomic E-state index is 0.0882. The van der Waals surface area contributed by atoms with E-state index in [0.29, 0.717) is 0 Å². The molecule has 0 bridgehead atoms. The summed E-state index contributed by atoms with van der Waals surface area (Å²) < 4.78 is 17.1. The SMILES string of the molecule is COc1ccc(C2(C(=O)OC3CCC3)OC23CCCC3)cc1. The number of carbonyl (C=O) groups is 1. The van der Waals surface area contributed by atoms with Crippen LogP contribution in [0.3, 0.4) is 0 Å². The molecule has 1 atom stereocenters. The van der Waals surface area contributed by atoms with E-state index in [0.717, 1.165) is 56.3 Å². The highest BCUT2D eigenvalue weighted by Crippen LogP contribution is 2.64. The van der Waals surface area contributed by atoms with Crippen LogP contribution in [-0.4, -0.2) is 24.8 Å². The standard InChI is InChI=1S/C18H22O4/c1-20-14-9-7-13(8-10-14)18(16(19)21-15-5-4-6-15)17(22-18)11-2-3-12-17/h7-10,15H,2-6,11-12H2,1H3. The quantitative estimate of drug-likeness (QED) is 0.632. The van der Waals surface area contributed by atoms with E-state index >= 15 is 0 Å². The molecule has 1 aliphatic heterocycles. The predicted molar refractivity (Wildman–Crippen MR) is 80.7 cm³/mol. The lowest BCUT2D eigenvalue weighted by Crippen LogP contribution is -2.36. The Balaban J connectivity index is 1.65. The second-order valence-electron chi connectivity index (χ2n) is 6.67. The largest absolute Gasteiger partial charge is 0.497 e. The average molecular weight is 302 g/mol. The summed E-state index contributed by atoms with van der Waals surface area (Å²) in [5.41, 5.74) is -0.312. The summed E-state index contributed by atoms with van der Waals surface area (Å²) in [6.45, 7) is 0. The maximum atomic E-state index is 12.9. The molecule has 1 heterocycles. The first kappa shape index (κ1) is 14.1. The van der Waals surface area contributed by atoms with Crippen molar-refractivity contribution in [3.05, 3.63) is 29.8 Å². The summed E-state index contributed by atoms with van der Waals surface area (Å²) in [6.07, 6.45) is 7.33. The predicted octanol–water partition coefficient (Wildman–Crippen LogP) is 3.33. The number of esters is 1. The summed E-state index contributed by atoms with van der Waals surface area (Å²) in [5.74, 6) is 0.594. The van der Waals surface area contributed by atoms with Crippen LogP contribution in [0.5, 0.6) is 5.75 Å². The van der Waals surface area contributed by atoms with Crippen LogP contribution >= 0.6 is 0 Å². The van der Waals surface area contributed by atoms with E-state index in [1.807, 2.05) is 24.3 Å². The molecule has 1 unspecified atom stereocenters. The van der Waals surface area contributed by atoms with Gasteiger partial charge in [-0.1, -0.05) is 25.0 Å². The lowest BCUT2D eigenvalue weighted by molar-refractivity contribution is -0.160. The van der Waals surface area contributed by atoms with Crippen molar-refractivity contribution in [3.63, 3.8) is 0 Å². The highest BCUT2D eigenvalue weighted by Gasteiger charge is 2.76. The zero-order valence-corrected chi connectivity index (χ0v) is 13.0. The number of hydrogen-bond donors (Lipinski definition) is 0. The molecule has 3 aliphatic rings. The van der Waals surface area contributed by atoms with Gasteiger partial charge in [-0.05, 0) is 49.8 Å². The number of rotatable bonds is 4. The zero-order valence-electron chi connectivity index (χ0n) is 13.0. The lowest BCUT2D eigenvalue weighted by Gasteiger charge is -2.27. The van der Waals surface area contributed by atoms with Crippen LogP contribution in [0, 0.1) is 0 Å². The number of ether oxygens (including phenoxy) is 3. The van der Waals surface area contributed by atoms with E-state index in [1.54, 1.807) is 7.11 Å². The third kappa shape index (κ3) is 1.89. The molecular weight excluding hydrogens is 280 g/mol. The topological polar surface area (TPSA) is 48.1 Å². The normalized spacial score (nSPS) is 29.1. The van der Waals surface area contributed by atoms with Gasteiger partial charge >= 0.3 is 5.97 Å². The Labute approximate surface area is 130 Å². The van der Waals surface area contributed by atoms with Gasteiger partial charge in [-0.25, -0.2) is 4.79 Å². The number of carbonyl (C=O) groups excluding carboxylic acids is 1. The highest BCUT2D eigenvalue weighted by atomic mass is 16.7. The van der Waals surface area contributed by atoms with Gasteiger partial charge in [-0.2, -0.15) is 0 Å². The zero-order chi connectivity index (χ0) is 15.2. The molecule has 1 spiro atoms. The van der Waals surface area contributed by atoms with Crippen LogP contribution in [-0.2, 0) is 19.9 Å². The molecule has 22 heavy (non-hydrogen) atoms. The highest BCUT2D eigenvalue weighted by molar-refractivity contribution is 5.87. The molecule has 1 aromatic carbocycles. The molecule has 4 nitrogen and oxygen atoms in total. The molecule has 1 aromatic rings. The van der Waals surface area contributed by atoms with Gasteiger partial charge in [0.1, 0.15) is 17.5 Å². The first-order valence-corrected chi connectivity index (χ1v) is 8.26. The first-order chi connectivity index (χ1) is 10.7. The monoisotopic (exact) mass is 302 g/mol. The van der Waals surface area contributed by atoms with Gasteiger partial charge in [-0.15, -0.1) is 0 Å². The Bertz CT molecular complexity index is 569. The van der Waals surface area contributed by atoms with Crippen molar-refractivity contribution >= 4 is 5.97 Å². The van der Waals surface area contributed by atoms with E-state index in [9.17, 15) is 4.79 Å². The van der Waals surface area contributed by atoms with Crippen molar-refractivity contribution in [2.75, 3.05) is 7.11 Å². The summed E-state index contributed by atoms with van der Waals surface area (Å²) in [5, 5.41) is 0. The van der Waals surface area contributed by atoms with Gasteiger partial charge in [-0.3, -0.25) is 0 Å². The number of hydrogen-bond acceptors (Lipinski definition) is 4. The molecular formula is C18H22O4. The summed E-state index contributed by atoms with van der Waals surface area (Å²) in [7, 11) is 1.64. The molecule has 1 saturated heterocycles. The van der Waals surface area contributed by atoms with Crippen LogP contribution in [0.25, 0.3) is 0 Å². The van der Waals surface area contributed by atoms with Gasteiger partial charge < -0.3 is 14.2 Å².